The summed E-state index contributed by atoms with van der Waals surface area (Å²) in [5.74, 6) is 0.293. The van der Waals surface area contributed by atoms with Gasteiger partial charge in [0, 0.05) is 0 Å². The number of para-hydroxylation sites is 1. The Morgan fingerprint density at radius 2 is 2.11 bits per heavy atom. The van der Waals surface area contributed by atoms with Crippen LogP contribution in [0.25, 0.3) is 11.0 Å². The van der Waals surface area contributed by atoms with E-state index in [2.05, 4.69) is 4.98 Å². The van der Waals surface area contributed by atoms with Gasteiger partial charge in [-0.1, -0.05) is 6.07 Å². The fraction of sp³-hybridized carbons (Fsp3) is 0.385. The fourth-order valence-electron chi connectivity index (χ4n) is 1.99. The molecule has 19 heavy (non-hydrogen) atoms. The summed E-state index contributed by atoms with van der Waals surface area (Å²) >= 11 is 5.27. The first-order valence-electron chi connectivity index (χ1n) is 6.11. The number of nitrogens with two attached hydrogens (primary N) is 1. The van der Waals surface area contributed by atoms with Crippen molar-refractivity contribution in [2.45, 2.75) is 32.9 Å². The van der Waals surface area contributed by atoms with Crippen molar-refractivity contribution in [3.8, 4) is 5.75 Å². The predicted molar refractivity (Wildman–Crippen MR) is 76.8 cm³/mol. The van der Waals surface area contributed by atoms with Crippen LogP contribution in [0.1, 0.15) is 26.8 Å². The van der Waals surface area contributed by atoms with Gasteiger partial charge in [-0.3, -0.25) is 4.79 Å². The molecule has 5 nitrogen and oxygen atoms in total. The van der Waals surface area contributed by atoms with Gasteiger partial charge in [-0.2, -0.15) is 0 Å². The van der Waals surface area contributed by atoms with Crippen LogP contribution in [0, 0.1) is 4.77 Å². The number of rotatable bonds is 4. The topological polar surface area (TPSA) is 73.0 Å². The van der Waals surface area contributed by atoms with Crippen LogP contribution >= 0.6 is 12.2 Å². The fourth-order valence-corrected chi connectivity index (χ4v) is 2.34. The number of nitrogens with one attached hydrogen (secondary N) is 1. The maximum atomic E-state index is 11.4. The first-order valence-corrected chi connectivity index (χ1v) is 6.52. The van der Waals surface area contributed by atoms with E-state index in [1.54, 1.807) is 11.5 Å². The molecular formula is C13H17N3O2S. The third-order valence-corrected chi connectivity index (χ3v) is 3.17. The van der Waals surface area contributed by atoms with Gasteiger partial charge < -0.3 is 20.0 Å². The summed E-state index contributed by atoms with van der Waals surface area (Å²) in [6.07, 6.45) is 0.0597. The summed E-state index contributed by atoms with van der Waals surface area (Å²) in [7, 11) is 0. The number of carbonyl (C=O) groups is 1. The van der Waals surface area contributed by atoms with Gasteiger partial charge in [-0.25, -0.2) is 0 Å². The predicted octanol–water partition coefficient (Wildman–Crippen LogP) is 2.53. The lowest BCUT2D eigenvalue weighted by atomic mass is 10.2. The molecule has 2 rings (SSSR count). The highest BCUT2D eigenvalue weighted by Crippen LogP contribution is 2.27. The van der Waals surface area contributed by atoms with Gasteiger partial charge in [0.25, 0.3) is 0 Å². The van der Waals surface area contributed by atoms with E-state index >= 15 is 0 Å². The average Bonchev–Trinajstić information content (AvgIpc) is 2.65. The van der Waals surface area contributed by atoms with Crippen molar-refractivity contribution in [2.75, 3.05) is 0 Å². The molecule has 0 aliphatic carbocycles. The molecule has 0 saturated carbocycles. The number of carbonyl (C=O) groups excluding carboxylic acids is 1. The lowest BCUT2D eigenvalue weighted by Crippen LogP contribution is -2.23. The molecule has 0 spiro atoms. The van der Waals surface area contributed by atoms with Crippen molar-refractivity contribution in [2.24, 2.45) is 5.73 Å². The van der Waals surface area contributed by atoms with Crippen LogP contribution in [0.2, 0.25) is 0 Å². The smallest absolute Gasteiger partial charge is 0.240 e. The molecule has 1 amide bonds. The molecule has 0 radical (unpaired) electrons. The van der Waals surface area contributed by atoms with Crippen molar-refractivity contribution in [1.82, 2.24) is 9.55 Å². The zero-order chi connectivity index (χ0) is 14.2. The molecule has 1 aromatic carbocycles. The number of amides is 1. The van der Waals surface area contributed by atoms with Gasteiger partial charge in [-0.05, 0) is 45.1 Å². The zero-order valence-electron chi connectivity index (χ0n) is 11.1. The SMILES string of the molecule is CC(C)Oc1cccc2c1[nH]c(=S)n2C(C)C(N)=O. The van der Waals surface area contributed by atoms with Crippen molar-refractivity contribution in [3.05, 3.63) is 23.0 Å². The van der Waals surface area contributed by atoms with Crippen LogP contribution in [0.15, 0.2) is 18.2 Å². The van der Waals surface area contributed by atoms with Crippen molar-refractivity contribution in [1.29, 1.82) is 0 Å². The molecular weight excluding hydrogens is 262 g/mol. The van der Waals surface area contributed by atoms with Gasteiger partial charge >= 0.3 is 0 Å². The Morgan fingerprint density at radius 1 is 1.42 bits per heavy atom. The third kappa shape index (κ3) is 2.49. The second-order valence-electron chi connectivity index (χ2n) is 4.70. The van der Waals surface area contributed by atoms with Crippen LogP contribution in [-0.2, 0) is 4.79 Å². The number of H-pyrrole nitrogens is 1. The van der Waals surface area contributed by atoms with E-state index in [0.717, 1.165) is 11.0 Å². The number of ether oxygens (including phenoxy) is 1. The molecule has 6 heteroatoms. The van der Waals surface area contributed by atoms with E-state index in [0.29, 0.717) is 10.5 Å². The highest BCUT2D eigenvalue weighted by Gasteiger charge is 2.17. The Kier molecular flexibility index (Phi) is 3.61. The number of primary amides is 1. The summed E-state index contributed by atoms with van der Waals surface area (Å²) in [6.45, 7) is 5.63. The number of benzene rings is 1. The van der Waals surface area contributed by atoms with E-state index in [-0.39, 0.29) is 6.10 Å². The quantitative estimate of drug-likeness (QED) is 0.845. The molecule has 1 aromatic heterocycles. The molecule has 0 fully saturated rings. The molecule has 1 unspecified atom stereocenters. The molecule has 0 aliphatic rings. The second-order valence-corrected chi connectivity index (χ2v) is 5.08. The Labute approximate surface area is 116 Å². The minimum absolute atomic E-state index is 0.0597. The van der Waals surface area contributed by atoms with E-state index in [1.165, 1.54) is 0 Å². The maximum Gasteiger partial charge on any atom is 0.240 e. The first-order chi connectivity index (χ1) is 8.91. The normalized spacial score (nSPS) is 12.8. The highest BCUT2D eigenvalue weighted by atomic mass is 32.1. The minimum Gasteiger partial charge on any atom is -0.489 e. The van der Waals surface area contributed by atoms with Crippen molar-refractivity contribution >= 4 is 29.2 Å². The summed E-state index contributed by atoms with van der Waals surface area (Å²) < 4.78 is 7.90. The largest absolute Gasteiger partial charge is 0.489 e. The summed E-state index contributed by atoms with van der Waals surface area (Å²) in [4.78, 5) is 14.4. The molecule has 1 heterocycles. The molecule has 0 aliphatic heterocycles. The standard InChI is InChI=1S/C13H17N3O2S/c1-7(2)18-10-6-4-5-9-11(10)15-13(19)16(9)8(3)12(14)17/h4-8H,1-3H3,(H2,14,17)(H,15,19). The van der Waals surface area contributed by atoms with Gasteiger partial charge in [0.15, 0.2) is 4.77 Å². The van der Waals surface area contributed by atoms with Gasteiger partial charge in [0.1, 0.15) is 17.3 Å². The van der Waals surface area contributed by atoms with Crippen LogP contribution < -0.4 is 10.5 Å². The number of fused-ring (bicyclic) bond motifs is 1. The number of nitrogens with zero attached hydrogens (tertiary/aromatic N) is 1. The molecule has 2 aromatic rings. The number of imidazole rings is 1. The first kappa shape index (κ1) is 13.6. The molecule has 0 bridgehead atoms. The van der Waals surface area contributed by atoms with Crippen LogP contribution in [0.4, 0.5) is 0 Å². The lowest BCUT2D eigenvalue weighted by Gasteiger charge is -2.12. The molecule has 1 atom stereocenters. The monoisotopic (exact) mass is 279 g/mol. The van der Waals surface area contributed by atoms with E-state index in [4.69, 9.17) is 22.7 Å². The zero-order valence-corrected chi connectivity index (χ0v) is 12.0. The molecule has 102 valence electrons. The minimum atomic E-state index is -0.504. The van der Waals surface area contributed by atoms with Crippen molar-refractivity contribution < 1.29 is 9.53 Å². The average molecular weight is 279 g/mol. The molecule has 0 saturated heterocycles. The summed E-state index contributed by atoms with van der Waals surface area (Å²) in [5, 5.41) is 0. The van der Waals surface area contributed by atoms with Gasteiger partial charge in [-0.15, -0.1) is 0 Å². The summed E-state index contributed by atoms with van der Waals surface area (Å²) in [5.41, 5.74) is 6.96. The Morgan fingerprint density at radius 3 is 2.68 bits per heavy atom. The number of hydrogen-bond donors (Lipinski definition) is 2. The Balaban J connectivity index is 2.65. The van der Waals surface area contributed by atoms with Crippen LogP contribution in [0.5, 0.6) is 5.75 Å². The van der Waals surface area contributed by atoms with Crippen LogP contribution in [0.3, 0.4) is 0 Å². The van der Waals surface area contributed by atoms with Gasteiger partial charge in [0.2, 0.25) is 5.91 Å². The third-order valence-electron chi connectivity index (χ3n) is 2.88. The molecule has 3 N–H and O–H groups in total. The highest BCUT2D eigenvalue weighted by molar-refractivity contribution is 7.71. The Hall–Kier alpha value is -1.82. The van der Waals surface area contributed by atoms with Crippen LogP contribution in [-0.4, -0.2) is 21.6 Å². The summed E-state index contributed by atoms with van der Waals surface area (Å²) in [6, 6.07) is 5.11. The van der Waals surface area contributed by atoms with Crippen molar-refractivity contribution in [3.63, 3.8) is 0 Å². The number of aromatic amines is 1. The second kappa shape index (κ2) is 5.05. The van der Waals surface area contributed by atoms with Gasteiger partial charge in [0.05, 0.1) is 11.6 Å². The van der Waals surface area contributed by atoms with E-state index in [9.17, 15) is 4.79 Å². The van der Waals surface area contributed by atoms with E-state index in [1.807, 2.05) is 32.0 Å². The number of aromatic nitrogens is 2. The van der Waals surface area contributed by atoms with E-state index < -0.39 is 11.9 Å². The Bertz CT molecular complexity index is 672. The lowest BCUT2D eigenvalue weighted by molar-refractivity contribution is -0.120. The maximum absolute atomic E-state index is 11.4. The number of hydrogen-bond acceptors (Lipinski definition) is 3.